The molecule has 2 atom stereocenters. The molecule has 0 aliphatic carbocycles. The van der Waals surface area contributed by atoms with Gasteiger partial charge in [0.25, 0.3) is 0 Å². The second-order valence-electron chi connectivity index (χ2n) is 7.60. The van der Waals surface area contributed by atoms with E-state index in [2.05, 4.69) is 35.3 Å². The van der Waals surface area contributed by atoms with E-state index >= 15 is 0 Å². The largest absolute Gasteiger partial charge is 0.350 e. The third kappa shape index (κ3) is 4.81. The molecule has 5 heteroatoms. The topological polar surface area (TPSA) is 62.9 Å². The lowest BCUT2D eigenvalue weighted by atomic mass is 9.88. The zero-order valence-electron chi connectivity index (χ0n) is 16.9. The fraction of sp³-hybridized carbons (Fsp3) is 0.478. The van der Waals surface area contributed by atoms with E-state index in [4.69, 9.17) is 10.7 Å². The average molecular weight is 395 g/mol. The number of rotatable bonds is 7. The Hall–Kier alpha value is -2.16. The van der Waals surface area contributed by atoms with Crippen molar-refractivity contribution in [2.24, 2.45) is 0 Å². The summed E-state index contributed by atoms with van der Waals surface area (Å²) in [4.78, 5) is 3.35. The molecule has 1 aliphatic heterocycles. The fourth-order valence-corrected chi connectivity index (χ4v) is 4.83. The minimum atomic E-state index is 0.392. The normalized spacial score (nSPS) is 17.9. The quantitative estimate of drug-likeness (QED) is 0.519. The minimum absolute atomic E-state index is 0.392. The zero-order chi connectivity index (χ0) is 19.9. The summed E-state index contributed by atoms with van der Waals surface area (Å²) >= 11 is 1.65. The molecule has 2 unspecified atom stereocenters. The Morgan fingerprint density at radius 3 is 2.96 bits per heavy atom. The first-order valence-electron chi connectivity index (χ1n) is 10.2. The molecule has 0 spiro atoms. The SMILES string of the molecule is CCC(CCCC1CNCCN1C(=N)c1cccs1)c1ccc(C#N)c(C)c1. The van der Waals surface area contributed by atoms with Crippen LogP contribution in [-0.4, -0.2) is 36.4 Å². The third-order valence-electron chi connectivity index (χ3n) is 5.82. The molecule has 1 aliphatic rings. The lowest BCUT2D eigenvalue weighted by Gasteiger charge is -2.38. The third-order valence-corrected chi connectivity index (χ3v) is 6.69. The van der Waals surface area contributed by atoms with Crippen molar-refractivity contribution in [1.82, 2.24) is 10.2 Å². The summed E-state index contributed by atoms with van der Waals surface area (Å²) in [5.74, 6) is 1.21. The van der Waals surface area contributed by atoms with Gasteiger partial charge in [0, 0.05) is 25.7 Å². The van der Waals surface area contributed by atoms with Crippen LogP contribution in [0, 0.1) is 23.7 Å². The van der Waals surface area contributed by atoms with E-state index in [9.17, 15) is 0 Å². The Morgan fingerprint density at radius 2 is 2.29 bits per heavy atom. The summed E-state index contributed by atoms with van der Waals surface area (Å²) in [5.41, 5.74) is 3.20. The highest BCUT2D eigenvalue weighted by atomic mass is 32.1. The van der Waals surface area contributed by atoms with Gasteiger partial charge >= 0.3 is 0 Å². The smallest absolute Gasteiger partial charge is 0.138 e. The van der Waals surface area contributed by atoms with Gasteiger partial charge < -0.3 is 10.2 Å². The van der Waals surface area contributed by atoms with Crippen molar-refractivity contribution >= 4 is 17.2 Å². The Morgan fingerprint density at radius 1 is 1.43 bits per heavy atom. The van der Waals surface area contributed by atoms with Crippen LogP contribution in [0.2, 0.25) is 0 Å². The predicted octanol–water partition coefficient (Wildman–Crippen LogP) is 4.89. The molecule has 0 saturated carbocycles. The van der Waals surface area contributed by atoms with E-state index in [0.29, 0.717) is 17.8 Å². The van der Waals surface area contributed by atoms with Gasteiger partial charge in [-0.25, -0.2) is 0 Å². The first-order chi connectivity index (χ1) is 13.6. The van der Waals surface area contributed by atoms with Crippen molar-refractivity contribution in [3.63, 3.8) is 0 Å². The molecule has 3 rings (SSSR count). The van der Waals surface area contributed by atoms with Crippen LogP contribution in [0.15, 0.2) is 35.7 Å². The van der Waals surface area contributed by atoms with E-state index in [-0.39, 0.29) is 0 Å². The molecule has 2 N–H and O–H groups in total. The molecule has 1 fully saturated rings. The Bertz CT molecular complexity index is 822. The average Bonchev–Trinajstić information content (AvgIpc) is 3.26. The molecular weight excluding hydrogens is 364 g/mol. The highest BCUT2D eigenvalue weighted by Gasteiger charge is 2.25. The van der Waals surface area contributed by atoms with Gasteiger partial charge in [0.1, 0.15) is 5.84 Å². The summed E-state index contributed by atoms with van der Waals surface area (Å²) in [5, 5.41) is 23.3. The summed E-state index contributed by atoms with van der Waals surface area (Å²) in [6.07, 6.45) is 4.52. The number of piperazine rings is 1. The van der Waals surface area contributed by atoms with Gasteiger partial charge in [-0.1, -0.05) is 31.5 Å². The summed E-state index contributed by atoms with van der Waals surface area (Å²) in [7, 11) is 0. The van der Waals surface area contributed by atoms with Crippen molar-refractivity contribution in [3.8, 4) is 6.07 Å². The van der Waals surface area contributed by atoms with Crippen LogP contribution in [0.25, 0.3) is 0 Å². The van der Waals surface area contributed by atoms with Crippen molar-refractivity contribution in [1.29, 1.82) is 10.7 Å². The van der Waals surface area contributed by atoms with Crippen molar-refractivity contribution in [2.45, 2.75) is 51.5 Å². The van der Waals surface area contributed by atoms with Crippen LogP contribution >= 0.6 is 11.3 Å². The Kier molecular flexibility index (Phi) is 7.24. The fourth-order valence-electron chi connectivity index (χ4n) is 4.14. The second-order valence-corrected chi connectivity index (χ2v) is 8.55. The first-order valence-corrected chi connectivity index (χ1v) is 11.1. The zero-order valence-corrected chi connectivity index (χ0v) is 17.7. The molecule has 28 heavy (non-hydrogen) atoms. The van der Waals surface area contributed by atoms with Crippen LogP contribution in [0.5, 0.6) is 0 Å². The van der Waals surface area contributed by atoms with Gasteiger partial charge in [-0.15, -0.1) is 11.3 Å². The van der Waals surface area contributed by atoms with Crippen molar-refractivity contribution in [2.75, 3.05) is 19.6 Å². The minimum Gasteiger partial charge on any atom is -0.350 e. The number of nitriles is 1. The highest BCUT2D eigenvalue weighted by Crippen LogP contribution is 2.28. The first kappa shape index (κ1) is 20.6. The maximum absolute atomic E-state index is 9.15. The van der Waals surface area contributed by atoms with Gasteiger partial charge in [-0.05, 0) is 60.7 Å². The molecule has 1 saturated heterocycles. The number of benzene rings is 1. The van der Waals surface area contributed by atoms with Crippen LogP contribution in [0.4, 0.5) is 0 Å². The van der Waals surface area contributed by atoms with E-state index < -0.39 is 0 Å². The molecule has 2 heterocycles. The summed E-state index contributed by atoms with van der Waals surface area (Å²) < 4.78 is 0. The number of nitrogens with one attached hydrogen (secondary N) is 2. The molecule has 4 nitrogen and oxygen atoms in total. The number of hydrogen-bond donors (Lipinski definition) is 2. The van der Waals surface area contributed by atoms with Crippen LogP contribution in [0.1, 0.15) is 60.1 Å². The van der Waals surface area contributed by atoms with Crippen LogP contribution < -0.4 is 5.32 Å². The van der Waals surface area contributed by atoms with E-state index in [0.717, 1.165) is 61.3 Å². The molecule has 0 radical (unpaired) electrons. The monoisotopic (exact) mass is 394 g/mol. The highest BCUT2D eigenvalue weighted by molar-refractivity contribution is 7.12. The Balaban J connectivity index is 1.59. The number of hydrogen-bond acceptors (Lipinski definition) is 4. The lowest BCUT2D eigenvalue weighted by molar-refractivity contribution is 0.239. The van der Waals surface area contributed by atoms with E-state index in [1.165, 1.54) is 5.56 Å². The van der Waals surface area contributed by atoms with Gasteiger partial charge in [0.2, 0.25) is 0 Å². The summed E-state index contributed by atoms with van der Waals surface area (Å²) in [6, 6.07) is 13.0. The molecule has 1 aromatic heterocycles. The maximum atomic E-state index is 9.15. The maximum Gasteiger partial charge on any atom is 0.138 e. The van der Waals surface area contributed by atoms with E-state index in [1.807, 2.05) is 30.5 Å². The van der Waals surface area contributed by atoms with E-state index in [1.54, 1.807) is 11.3 Å². The molecule has 148 valence electrons. The van der Waals surface area contributed by atoms with Crippen LogP contribution in [0.3, 0.4) is 0 Å². The number of nitrogens with zero attached hydrogens (tertiary/aromatic N) is 2. The standard InChI is InChI=1S/C23H30N4S/c1-3-18(19-9-10-20(15-24)17(2)14-19)6-4-7-21-16-26-11-12-27(21)23(25)22-8-5-13-28-22/h5,8-10,13-14,18,21,25-26H,3-4,6-7,11-12,16H2,1-2H3. The molecule has 2 aromatic rings. The van der Waals surface area contributed by atoms with Crippen molar-refractivity contribution < 1.29 is 0 Å². The molecule has 0 bridgehead atoms. The predicted molar refractivity (Wildman–Crippen MR) is 117 cm³/mol. The lowest BCUT2D eigenvalue weighted by Crippen LogP contribution is -2.53. The number of thiophene rings is 1. The van der Waals surface area contributed by atoms with Gasteiger partial charge in [-0.3, -0.25) is 5.41 Å². The van der Waals surface area contributed by atoms with Gasteiger partial charge in [0.05, 0.1) is 16.5 Å². The Labute approximate surface area is 172 Å². The van der Waals surface area contributed by atoms with Crippen LogP contribution in [-0.2, 0) is 0 Å². The summed E-state index contributed by atoms with van der Waals surface area (Å²) in [6.45, 7) is 7.09. The second kappa shape index (κ2) is 9.86. The van der Waals surface area contributed by atoms with Gasteiger partial charge in [0.15, 0.2) is 0 Å². The molecular formula is C23H30N4S. The number of amidine groups is 1. The number of aryl methyl sites for hydroxylation is 1. The molecule has 1 aromatic carbocycles. The van der Waals surface area contributed by atoms with Crippen molar-refractivity contribution in [3.05, 3.63) is 57.3 Å². The molecule has 0 amide bonds. The van der Waals surface area contributed by atoms with Gasteiger partial charge in [-0.2, -0.15) is 5.26 Å².